The van der Waals surface area contributed by atoms with Crippen LogP contribution < -0.4 is 5.32 Å². The van der Waals surface area contributed by atoms with Crippen LogP contribution in [0.2, 0.25) is 5.02 Å². The summed E-state index contributed by atoms with van der Waals surface area (Å²) in [4.78, 5) is 11.6. The van der Waals surface area contributed by atoms with Gasteiger partial charge in [0.15, 0.2) is 0 Å². The number of rotatable bonds is 4. The molecule has 0 bridgehead atoms. The zero-order valence-electron chi connectivity index (χ0n) is 13.5. The number of benzene rings is 1. The fraction of sp³-hybridized carbons (Fsp3) is 0.500. The average Bonchev–Trinajstić information content (AvgIpc) is 2.56. The lowest BCUT2D eigenvalue weighted by Gasteiger charge is -2.26. The molecule has 0 aromatic heterocycles. The van der Waals surface area contributed by atoms with Gasteiger partial charge in [0.25, 0.3) is 5.91 Å². The van der Waals surface area contributed by atoms with Gasteiger partial charge in [-0.2, -0.15) is 29.2 Å². The van der Waals surface area contributed by atoms with Gasteiger partial charge in [0.1, 0.15) is 0 Å². The molecule has 1 aliphatic rings. The average molecular weight is 433 g/mol. The molecule has 12 heteroatoms. The van der Waals surface area contributed by atoms with Gasteiger partial charge in [-0.3, -0.25) is 4.79 Å². The Morgan fingerprint density at radius 2 is 1.88 bits per heavy atom. The Hall–Kier alpha value is -1.01. The second-order valence-corrected chi connectivity index (χ2v) is 9.25. The van der Waals surface area contributed by atoms with Crippen LogP contribution in [0.15, 0.2) is 23.1 Å². The van der Waals surface area contributed by atoms with Gasteiger partial charge in [-0.25, -0.2) is 8.42 Å². The van der Waals surface area contributed by atoms with Gasteiger partial charge in [0.2, 0.25) is 15.6 Å². The smallest absolute Gasteiger partial charge is 0.373 e. The first-order valence-corrected chi connectivity index (χ1v) is 10.3. The molecule has 0 radical (unpaired) electrons. The molecule has 0 unspecified atom stereocenters. The summed E-state index contributed by atoms with van der Waals surface area (Å²) < 4.78 is 64.4. The van der Waals surface area contributed by atoms with E-state index in [1.165, 1.54) is 4.31 Å². The number of aliphatic hydroxyl groups is 1. The molecule has 146 valence electrons. The fourth-order valence-corrected chi connectivity index (χ4v) is 4.96. The minimum atomic E-state index is -5.18. The maximum atomic E-state index is 12.7. The second-order valence-electron chi connectivity index (χ2n) is 5.68. The lowest BCUT2D eigenvalue weighted by atomic mass is 10.1. The Morgan fingerprint density at radius 1 is 1.31 bits per heavy atom. The largest absolute Gasteiger partial charge is 0.426 e. The van der Waals surface area contributed by atoms with Crippen LogP contribution in [0.5, 0.6) is 0 Å². The number of anilines is 1. The molecular formula is C14H16ClF3N2O4S2. The SMILES string of the molecule is C[C@@](O)(C(=O)Nc1ccc(S(=O)(=O)N2CCSCC2)cc1Cl)C(F)(F)F. The summed E-state index contributed by atoms with van der Waals surface area (Å²) in [5.74, 6) is -0.406. The van der Waals surface area contributed by atoms with Crippen LogP contribution in [-0.2, 0) is 14.8 Å². The summed E-state index contributed by atoms with van der Waals surface area (Å²) in [5.41, 5.74) is -3.86. The van der Waals surface area contributed by atoms with E-state index in [9.17, 15) is 31.5 Å². The monoisotopic (exact) mass is 432 g/mol. The summed E-state index contributed by atoms with van der Waals surface area (Å²) >= 11 is 7.55. The highest BCUT2D eigenvalue weighted by Gasteiger charge is 2.55. The zero-order valence-corrected chi connectivity index (χ0v) is 15.9. The van der Waals surface area contributed by atoms with Crippen molar-refractivity contribution in [3.05, 3.63) is 23.2 Å². The number of thioether (sulfide) groups is 1. The Kier molecular flexibility index (Phi) is 6.18. The first-order chi connectivity index (χ1) is 11.9. The molecule has 1 heterocycles. The van der Waals surface area contributed by atoms with Crippen LogP contribution >= 0.6 is 23.4 Å². The molecule has 2 N–H and O–H groups in total. The number of hydrogen-bond donors (Lipinski definition) is 2. The van der Waals surface area contributed by atoms with E-state index in [2.05, 4.69) is 0 Å². The predicted molar refractivity (Wildman–Crippen MR) is 92.8 cm³/mol. The predicted octanol–water partition coefficient (Wildman–Crippen LogP) is 2.33. The molecule has 6 nitrogen and oxygen atoms in total. The Bertz CT molecular complexity index is 794. The molecule has 0 aliphatic carbocycles. The molecular weight excluding hydrogens is 417 g/mol. The summed E-state index contributed by atoms with van der Waals surface area (Å²) in [6.45, 7) is 0.999. The quantitative estimate of drug-likeness (QED) is 0.762. The first-order valence-electron chi connectivity index (χ1n) is 7.35. The van der Waals surface area contributed by atoms with E-state index in [1.54, 1.807) is 11.8 Å². The minimum absolute atomic E-state index is 0.130. The third kappa shape index (κ3) is 4.28. The van der Waals surface area contributed by atoms with Gasteiger partial charge >= 0.3 is 6.18 Å². The number of amides is 1. The third-order valence-corrected chi connectivity index (χ3v) is 6.94. The topological polar surface area (TPSA) is 86.7 Å². The van der Waals surface area contributed by atoms with E-state index in [-0.39, 0.29) is 15.6 Å². The van der Waals surface area contributed by atoms with E-state index in [0.29, 0.717) is 31.5 Å². The minimum Gasteiger partial charge on any atom is -0.373 e. The van der Waals surface area contributed by atoms with E-state index in [1.807, 2.05) is 5.32 Å². The Labute approximate surface area is 157 Å². The van der Waals surface area contributed by atoms with E-state index >= 15 is 0 Å². The van der Waals surface area contributed by atoms with Crippen molar-refractivity contribution in [2.24, 2.45) is 0 Å². The number of carbonyl (C=O) groups excluding carboxylic acids is 1. The number of carbonyl (C=O) groups is 1. The van der Waals surface area contributed by atoms with Gasteiger partial charge in [0.05, 0.1) is 15.6 Å². The fourth-order valence-electron chi connectivity index (χ4n) is 2.07. The van der Waals surface area contributed by atoms with Gasteiger partial charge in [-0.05, 0) is 25.1 Å². The highest BCUT2D eigenvalue weighted by Crippen LogP contribution is 2.33. The molecule has 1 saturated heterocycles. The molecule has 2 rings (SSSR count). The lowest BCUT2D eigenvalue weighted by Crippen LogP contribution is -2.52. The standard InChI is InChI=1S/C14H16ClF3N2O4S2/c1-13(22,14(16,17)18)12(21)19-11-3-2-9(8-10(11)15)26(23,24)20-4-6-25-7-5-20/h2-3,8,22H,4-7H2,1H3,(H,19,21)/t13-/m1/s1. The van der Waals surface area contributed by atoms with Crippen molar-refractivity contribution in [1.29, 1.82) is 0 Å². The summed E-state index contributed by atoms with van der Waals surface area (Å²) in [6, 6.07) is 3.27. The summed E-state index contributed by atoms with van der Waals surface area (Å²) in [5, 5.41) is 10.9. The number of nitrogens with zero attached hydrogens (tertiary/aromatic N) is 1. The number of halogens is 4. The normalized spacial score (nSPS) is 19.0. The lowest BCUT2D eigenvalue weighted by molar-refractivity contribution is -0.242. The molecule has 0 spiro atoms. The van der Waals surface area contributed by atoms with Gasteiger partial charge in [-0.15, -0.1) is 0 Å². The van der Waals surface area contributed by atoms with Crippen molar-refractivity contribution in [3.63, 3.8) is 0 Å². The van der Waals surface area contributed by atoms with Crippen LogP contribution in [0.25, 0.3) is 0 Å². The molecule has 1 atom stereocenters. The van der Waals surface area contributed by atoms with Gasteiger partial charge in [-0.1, -0.05) is 11.6 Å². The number of sulfonamides is 1. The van der Waals surface area contributed by atoms with Crippen LogP contribution in [0, 0.1) is 0 Å². The Morgan fingerprint density at radius 3 is 2.38 bits per heavy atom. The van der Waals surface area contributed by atoms with Crippen molar-refractivity contribution in [2.45, 2.75) is 23.6 Å². The number of nitrogens with one attached hydrogen (secondary N) is 1. The molecule has 1 aromatic rings. The highest BCUT2D eigenvalue weighted by atomic mass is 35.5. The van der Waals surface area contributed by atoms with Crippen LogP contribution in [0.1, 0.15) is 6.92 Å². The summed E-state index contributed by atoms with van der Waals surface area (Å²) in [6.07, 6.45) is -5.18. The van der Waals surface area contributed by atoms with Crippen LogP contribution in [-0.4, -0.2) is 60.1 Å². The van der Waals surface area contributed by atoms with Crippen molar-refractivity contribution in [1.82, 2.24) is 4.31 Å². The molecule has 26 heavy (non-hydrogen) atoms. The maximum Gasteiger partial charge on any atom is 0.426 e. The molecule has 1 fully saturated rings. The zero-order chi connectivity index (χ0) is 19.8. The van der Waals surface area contributed by atoms with Crippen molar-refractivity contribution >= 4 is 45.0 Å². The maximum absolute atomic E-state index is 12.7. The van der Waals surface area contributed by atoms with Gasteiger partial charge in [0, 0.05) is 24.6 Å². The number of alkyl halides is 3. The summed E-state index contributed by atoms with van der Waals surface area (Å²) in [7, 11) is -3.79. The molecule has 0 saturated carbocycles. The van der Waals surface area contributed by atoms with Crippen molar-refractivity contribution in [3.8, 4) is 0 Å². The second kappa shape index (κ2) is 7.55. The van der Waals surface area contributed by atoms with Crippen LogP contribution in [0.3, 0.4) is 0 Å². The third-order valence-electron chi connectivity index (χ3n) is 3.79. The molecule has 1 aromatic carbocycles. The van der Waals surface area contributed by atoms with Gasteiger partial charge < -0.3 is 10.4 Å². The highest BCUT2D eigenvalue weighted by molar-refractivity contribution is 7.99. The first kappa shape index (κ1) is 21.3. The van der Waals surface area contributed by atoms with E-state index < -0.39 is 27.7 Å². The van der Waals surface area contributed by atoms with Crippen LogP contribution in [0.4, 0.5) is 18.9 Å². The number of hydrogen-bond acceptors (Lipinski definition) is 5. The van der Waals surface area contributed by atoms with Crippen molar-refractivity contribution < 1.29 is 31.5 Å². The van der Waals surface area contributed by atoms with E-state index in [0.717, 1.165) is 18.2 Å². The van der Waals surface area contributed by atoms with E-state index in [4.69, 9.17) is 11.6 Å². The molecule has 1 aliphatic heterocycles. The van der Waals surface area contributed by atoms with Crippen molar-refractivity contribution in [2.75, 3.05) is 29.9 Å². The molecule has 1 amide bonds. The Balaban J connectivity index is 2.23.